The van der Waals surface area contributed by atoms with E-state index in [0.717, 1.165) is 27.3 Å². The number of furan rings is 1. The van der Waals surface area contributed by atoms with Crippen molar-refractivity contribution >= 4 is 43.6 Å². The van der Waals surface area contributed by atoms with Gasteiger partial charge < -0.3 is 19.0 Å². The van der Waals surface area contributed by atoms with E-state index in [-0.39, 0.29) is 16.9 Å². The zero-order valence-corrected chi connectivity index (χ0v) is 24.1. The molecule has 0 atom stereocenters. The van der Waals surface area contributed by atoms with Gasteiger partial charge in [0.1, 0.15) is 28.6 Å². The molecule has 0 bridgehead atoms. The third-order valence-electron chi connectivity index (χ3n) is 7.60. The van der Waals surface area contributed by atoms with E-state index in [1.54, 1.807) is 30.5 Å². The number of fused-ring (bicyclic) bond motifs is 6. The predicted octanol–water partition coefficient (Wildman–Crippen LogP) is 5.42. The average molecular weight is 598 g/mol. The number of carbonyl (C=O) groups is 1. The summed E-state index contributed by atoms with van der Waals surface area (Å²) in [5.41, 5.74) is 5.26. The van der Waals surface area contributed by atoms with Crippen molar-refractivity contribution in [3.63, 3.8) is 0 Å². The van der Waals surface area contributed by atoms with Crippen LogP contribution in [0.25, 0.3) is 56.0 Å². The van der Waals surface area contributed by atoms with Crippen LogP contribution in [0.4, 0.5) is 10.1 Å². The van der Waals surface area contributed by atoms with Gasteiger partial charge in [0, 0.05) is 42.9 Å². The molecule has 12 heteroatoms. The monoisotopic (exact) mass is 597 g/mol. The molecular weight excluding hydrogens is 573 g/mol. The lowest BCUT2D eigenvalue weighted by Gasteiger charge is -2.23. The summed E-state index contributed by atoms with van der Waals surface area (Å²) < 4.78 is 54.5. The van der Waals surface area contributed by atoms with Gasteiger partial charge in [0.2, 0.25) is 10.0 Å². The first-order valence-corrected chi connectivity index (χ1v) is 15.1. The second kappa shape index (κ2) is 9.66. The molecule has 10 nitrogen and oxygen atoms in total. The molecule has 0 saturated heterocycles. The van der Waals surface area contributed by atoms with Gasteiger partial charge in [-0.05, 0) is 60.7 Å². The average Bonchev–Trinajstić information content (AvgIpc) is 3.58. The summed E-state index contributed by atoms with van der Waals surface area (Å²) in [6.07, 6.45) is 2.82. The molecule has 0 saturated carbocycles. The molecule has 1 N–H and O–H groups in total. The predicted molar refractivity (Wildman–Crippen MR) is 161 cm³/mol. The summed E-state index contributed by atoms with van der Waals surface area (Å²) in [6, 6.07) is 18.1. The van der Waals surface area contributed by atoms with Crippen LogP contribution >= 0.6 is 0 Å². The van der Waals surface area contributed by atoms with Gasteiger partial charge in [-0.25, -0.2) is 17.8 Å². The van der Waals surface area contributed by atoms with Crippen molar-refractivity contribution in [3.8, 4) is 39.7 Å². The van der Waals surface area contributed by atoms with Crippen LogP contribution < -0.4 is 14.4 Å². The number of pyridine rings is 2. The largest absolute Gasteiger partial charge is 0.470 e. The molecule has 4 aromatic heterocycles. The topological polar surface area (TPSA) is 120 Å². The number of benzene rings is 2. The Balaban J connectivity index is 1.49. The van der Waals surface area contributed by atoms with Crippen molar-refractivity contribution in [2.24, 2.45) is 0 Å². The molecule has 6 aromatic rings. The molecule has 1 aliphatic heterocycles. The Labute approximate surface area is 245 Å². The Hall–Kier alpha value is -5.23. The standard InChI is InChI=1S/C31H24FN5O5S/c1-33-31(38)28-20-13-19(21-10-11-26-29(35-21)25-14-22-23(5-4-12-34-22)37(25)16-41-26)24(36(2)43(3,39)40)15-27(20)42-30(28)17-6-8-18(32)9-7-17/h4-15H,16H2,1-3H3,(H,33,38). The van der Waals surface area contributed by atoms with Crippen LogP contribution in [0.3, 0.4) is 0 Å². The number of carbonyl (C=O) groups excluding carboxylic acids is 1. The van der Waals surface area contributed by atoms with Crippen LogP contribution in [0.15, 0.2) is 77.3 Å². The minimum Gasteiger partial charge on any atom is -0.470 e. The molecule has 2 aromatic carbocycles. The minimum atomic E-state index is -3.71. The van der Waals surface area contributed by atoms with E-state index < -0.39 is 21.7 Å². The lowest BCUT2D eigenvalue weighted by Crippen LogP contribution is -2.25. The number of sulfonamides is 1. The highest BCUT2D eigenvalue weighted by Gasteiger charge is 2.28. The minimum absolute atomic E-state index is 0.225. The lowest BCUT2D eigenvalue weighted by molar-refractivity contribution is 0.0964. The Morgan fingerprint density at radius 1 is 1.09 bits per heavy atom. The van der Waals surface area contributed by atoms with Crippen molar-refractivity contribution < 1.29 is 26.8 Å². The zero-order chi connectivity index (χ0) is 30.0. The molecule has 1 amide bonds. The molecular formula is C31H24FN5O5S. The fourth-order valence-corrected chi connectivity index (χ4v) is 5.89. The highest BCUT2D eigenvalue weighted by Crippen LogP contribution is 2.43. The fourth-order valence-electron chi connectivity index (χ4n) is 5.38. The molecule has 0 spiro atoms. The summed E-state index contributed by atoms with van der Waals surface area (Å²) in [5, 5.41) is 3.08. The van der Waals surface area contributed by atoms with E-state index in [9.17, 15) is 17.6 Å². The number of hydrogen-bond acceptors (Lipinski definition) is 7. The molecule has 216 valence electrons. The maximum absolute atomic E-state index is 13.7. The number of nitrogens with zero attached hydrogens (tertiary/aromatic N) is 4. The second-order valence-corrected chi connectivity index (χ2v) is 12.2. The Morgan fingerprint density at radius 2 is 1.88 bits per heavy atom. The van der Waals surface area contributed by atoms with Gasteiger partial charge in [0.15, 0.2) is 6.73 Å². The quantitative estimate of drug-likeness (QED) is 0.282. The summed E-state index contributed by atoms with van der Waals surface area (Å²) in [7, 11) is -0.773. The number of halogens is 1. The molecule has 5 heterocycles. The van der Waals surface area contributed by atoms with Crippen molar-refractivity contribution in [1.82, 2.24) is 19.9 Å². The van der Waals surface area contributed by atoms with Crippen LogP contribution in [0, 0.1) is 5.82 Å². The van der Waals surface area contributed by atoms with Crippen LogP contribution in [-0.2, 0) is 16.8 Å². The van der Waals surface area contributed by atoms with Gasteiger partial charge >= 0.3 is 0 Å². The van der Waals surface area contributed by atoms with E-state index in [1.165, 1.54) is 38.4 Å². The van der Waals surface area contributed by atoms with Gasteiger partial charge in [0.25, 0.3) is 5.91 Å². The summed E-state index contributed by atoms with van der Waals surface area (Å²) in [6.45, 7) is 0.295. The third kappa shape index (κ3) is 4.29. The second-order valence-electron chi connectivity index (χ2n) is 10.2. The SMILES string of the molecule is CNC(=O)c1c(-c2ccc(F)cc2)oc2cc(N(C)S(C)(=O)=O)c(-c3ccc4c(n3)-c3cc5ncccc5n3CO4)cc12. The molecule has 43 heavy (non-hydrogen) atoms. The van der Waals surface area contributed by atoms with Crippen LogP contribution in [0.1, 0.15) is 10.4 Å². The van der Waals surface area contributed by atoms with Crippen LogP contribution in [-0.4, -0.2) is 49.2 Å². The van der Waals surface area contributed by atoms with E-state index in [2.05, 4.69) is 10.3 Å². The number of amides is 1. The number of anilines is 1. The first-order valence-electron chi connectivity index (χ1n) is 13.3. The van der Waals surface area contributed by atoms with Gasteiger partial charge in [0.05, 0.1) is 39.9 Å². The molecule has 0 aliphatic carbocycles. The number of ether oxygens (including phenoxy) is 1. The van der Waals surface area contributed by atoms with Crippen molar-refractivity contribution in [2.75, 3.05) is 24.7 Å². The number of rotatable bonds is 5. The fraction of sp³-hybridized carbons (Fsp3) is 0.129. The number of nitrogens with one attached hydrogen (secondary N) is 1. The summed E-state index contributed by atoms with van der Waals surface area (Å²) in [5.74, 6) is -0.0515. The Bertz CT molecular complexity index is 2210. The highest BCUT2D eigenvalue weighted by atomic mass is 32.2. The van der Waals surface area contributed by atoms with Crippen LogP contribution in [0.2, 0.25) is 0 Å². The molecule has 0 unspecified atom stereocenters. The van der Waals surface area contributed by atoms with Gasteiger partial charge in [-0.1, -0.05) is 0 Å². The normalized spacial score (nSPS) is 12.6. The molecule has 7 rings (SSSR count). The smallest absolute Gasteiger partial charge is 0.255 e. The first-order chi connectivity index (χ1) is 20.6. The summed E-state index contributed by atoms with van der Waals surface area (Å²) >= 11 is 0. The molecule has 1 aliphatic rings. The van der Waals surface area contributed by atoms with E-state index in [1.807, 2.05) is 22.8 Å². The van der Waals surface area contributed by atoms with Gasteiger partial charge in [-0.2, -0.15) is 0 Å². The van der Waals surface area contributed by atoms with Gasteiger partial charge in [-0.3, -0.25) is 14.1 Å². The summed E-state index contributed by atoms with van der Waals surface area (Å²) in [4.78, 5) is 22.6. The van der Waals surface area contributed by atoms with Crippen LogP contribution in [0.5, 0.6) is 5.75 Å². The van der Waals surface area contributed by atoms with Crippen molar-refractivity contribution in [3.05, 3.63) is 84.3 Å². The van der Waals surface area contributed by atoms with E-state index in [0.29, 0.717) is 46.1 Å². The number of aromatic nitrogens is 3. The maximum Gasteiger partial charge on any atom is 0.255 e. The molecule has 0 fully saturated rings. The Morgan fingerprint density at radius 3 is 2.63 bits per heavy atom. The van der Waals surface area contributed by atoms with Crippen molar-refractivity contribution in [2.45, 2.75) is 6.73 Å². The zero-order valence-electron chi connectivity index (χ0n) is 23.3. The Kier molecular flexibility index (Phi) is 5.99. The van der Waals surface area contributed by atoms with E-state index >= 15 is 0 Å². The van der Waals surface area contributed by atoms with Crippen molar-refractivity contribution in [1.29, 1.82) is 0 Å². The highest BCUT2D eigenvalue weighted by molar-refractivity contribution is 7.92. The lowest BCUT2D eigenvalue weighted by atomic mass is 10.0. The number of hydrogen-bond donors (Lipinski definition) is 1. The maximum atomic E-state index is 13.7. The third-order valence-corrected chi connectivity index (χ3v) is 8.79. The van der Waals surface area contributed by atoms with Gasteiger partial charge in [-0.15, -0.1) is 0 Å². The first kappa shape index (κ1) is 26.7. The molecule has 0 radical (unpaired) electrons. The van der Waals surface area contributed by atoms with E-state index in [4.69, 9.17) is 14.1 Å².